The van der Waals surface area contributed by atoms with Gasteiger partial charge in [0.25, 0.3) is 5.91 Å². The van der Waals surface area contributed by atoms with Crippen molar-refractivity contribution in [3.8, 4) is 22.8 Å². The largest absolute Gasteiger partial charge is 0.493 e. The maximum atomic E-state index is 13.0. The van der Waals surface area contributed by atoms with Gasteiger partial charge in [-0.1, -0.05) is 48.5 Å². The quantitative estimate of drug-likeness (QED) is 0.289. The Labute approximate surface area is 194 Å². The fraction of sp³-hybridized carbons (Fsp3) is 0.0800. The van der Waals surface area contributed by atoms with E-state index in [-0.39, 0.29) is 5.91 Å². The van der Waals surface area contributed by atoms with Gasteiger partial charge in [-0.3, -0.25) is 4.79 Å². The van der Waals surface area contributed by atoms with Gasteiger partial charge in [0.1, 0.15) is 0 Å². The number of nitrogens with one attached hydrogen (secondary N) is 1. The summed E-state index contributed by atoms with van der Waals surface area (Å²) in [7, 11) is 3.13. The van der Waals surface area contributed by atoms with Crippen molar-refractivity contribution in [1.29, 1.82) is 0 Å². The number of hydrogen-bond acceptors (Lipinski definition) is 5. The SMILES string of the molecule is COc1cc(/C=N\NC(=O)c2cc(-c3ccccc3)nc3ccccc23)cc(Br)c1OC. The standard InChI is InChI=1S/C25H20BrN3O3/c1-31-23-13-16(12-20(26)24(23)32-2)15-27-29-25(30)19-14-22(17-8-4-3-5-9-17)28-21-11-7-6-10-18(19)21/h3-15H,1-2H3,(H,29,30)/b27-15-. The Hall–Kier alpha value is -3.71. The summed E-state index contributed by atoms with van der Waals surface area (Å²) in [6.45, 7) is 0. The average molecular weight is 490 g/mol. The molecule has 32 heavy (non-hydrogen) atoms. The lowest BCUT2D eigenvalue weighted by Crippen LogP contribution is -2.18. The Kier molecular flexibility index (Phi) is 6.47. The summed E-state index contributed by atoms with van der Waals surface area (Å²) in [4.78, 5) is 17.7. The van der Waals surface area contributed by atoms with Gasteiger partial charge in [0, 0.05) is 10.9 Å². The minimum atomic E-state index is -0.323. The molecule has 3 aromatic carbocycles. The van der Waals surface area contributed by atoms with E-state index in [0.29, 0.717) is 17.1 Å². The van der Waals surface area contributed by atoms with Gasteiger partial charge < -0.3 is 9.47 Å². The number of hydrogen-bond donors (Lipinski definition) is 1. The van der Waals surface area contributed by atoms with E-state index in [1.807, 2.05) is 60.7 Å². The fourth-order valence-electron chi connectivity index (χ4n) is 3.36. The molecule has 0 saturated carbocycles. The van der Waals surface area contributed by atoms with Crippen LogP contribution in [0.4, 0.5) is 0 Å². The van der Waals surface area contributed by atoms with Gasteiger partial charge in [-0.05, 0) is 45.8 Å². The second-order valence-corrected chi connectivity index (χ2v) is 7.73. The Morgan fingerprint density at radius 3 is 2.50 bits per heavy atom. The lowest BCUT2D eigenvalue weighted by atomic mass is 10.0. The van der Waals surface area contributed by atoms with Crippen LogP contribution in [-0.2, 0) is 0 Å². The number of para-hydroxylation sites is 1. The number of methoxy groups -OCH3 is 2. The Bertz CT molecular complexity index is 1310. The molecule has 7 heteroatoms. The third kappa shape index (κ3) is 4.48. The molecule has 1 amide bonds. The van der Waals surface area contributed by atoms with Crippen LogP contribution in [0.15, 0.2) is 82.4 Å². The molecule has 0 spiro atoms. The molecule has 1 N–H and O–H groups in total. The third-order valence-electron chi connectivity index (χ3n) is 4.87. The van der Waals surface area contributed by atoms with Crippen molar-refractivity contribution >= 4 is 39.0 Å². The highest BCUT2D eigenvalue weighted by Gasteiger charge is 2.14. The predicted molar refractivity (Wildman–Crippen MR) is 129 cm³/mol. The molecule has 160 valence electrons. The number of amides is 1. The lowest BCUT2D eigenvalue weighted by molar-refractivity contribution is 0.0956. The summed E-state index contributed by atoms with van der Waals surface area (Å²) in [5, 5.41) is 4.90. The molecule has 0 aliphatic heterocycles. The molecule has 0 radical (unpaired) electrons. The first kappa shape index (κ1) is 21.5. The molecule has 0 atom stereocenters. The number of aromatic nitrogens is 1. The van der Waals surface area contributed by atoms with Crippen molar-refractivity contribution in [3.05, 3.63) is 88.4 Å². The summed E-state index contributed by atoms with van der Waals surface area (Å²) in [6, 6.07) is 22.7. The molecule has 0 unspecified atom stereocenters. The van der Waals surface area contributed by atoms with Gasteiger partial charge in [0.2, 0.25) is 0 Å². The molecular weight excluding hydrogens is 470 g/mol. The van der Waals surface area contributed by atoms with Crippen LogP contribution >= 0.6 is 15.9 Å². The third-order valence-corrected chi connectivity index (χ3v) is 5.46. The molecule has 0 fully saturated rings. The summed E-state index contributed by atoms with van der Waals surface area (Å²) in [6.07, 6.45) is 1.55. The monoisotopic (exact) mass is 489 g/mol. The number of pyridine rings is 1. The van der Waals surface area contributed by atoms with E-state index in [4.69, 9.17) is 14.5 Å². The van der Waals surface area contributed by atoms with E-state index in [1.165, 1.54) is 0 Å². The Balaban J connectivity index is 1.64. The Morgan fingerprint density at radius 2 is 1.75 bits per heavy atom. The van der Waals surface area contributed by atoms with Crippen LogP contribution in [0.25, 0.3) is 22.2 Å². The summed E-state index contributed by atoms with van der Waals surface area (Å²) < 4.78 is 11.4. The molecule has 6 nitrogen and oxygen atoms in total. The summed E-state index contributed by atoms with van der Waals surface area (Å²) in [5.74, 6) is 0.823. The maximum Gasteiger partial charge on any atom is 0.272 e. The van der Waals surface area contributed by atoms with Crippen molar-refractivity contribution < 1.29 is 14.3 Å². The van der Waals surface area contributed by atoms with E-state index in [2.05, 4.69) is 26.5 Å². The minimum Gasteiger partial charge on any atom is -0.493 e. The van der Waals surface area contributed by atoms with Gasteiger partial charge in [-0.15, -0.1) is 0 Å². The molecule has 0 aliphatic carbocycles. The summed E-state index contributed by atoms with van der Waals surface area (Å²) in [5.41, 5.74) is 6.26. The number of ether oxygens (including phenoxy) is 2. The van der Waals surface area contributed by atoms with Crippen molar-refractivity contribution in [1.82, 2.24) is 10.4 Å². The normalized spacial score (nSPS) is 11.0. The number of hydrazone groups is 1. The number of carbonyl (C=O) groups is 1. The first-order valence-corrected chi connectivity index (χ1v) is 10.6. The number of halogens is 1. The minimum absolute atomic E-state index is 0.323. The first-order valence-electron chi connectivity index (χ1n) is 9.81. The van der Waals surface area contributed by atoms with E-state index < -0.39 is 0 Å². The van der Waals surface area contributed by atoms with Gasteiger partial charge >= 0.3 is 0 Å². The highest BCUT2D eigenvalue weighted by atomic mass is 79.9. The second kappa shape index (κ2) is 9.62. The zero-order chi connectivity index (χ0) is 22.5. The smallest absolute Gasteiger partial charge is 0.272 e. The molecule has 0 aliphatic rings. The van der Waals surface area contributed by atoms with Crippen LogP contribution in [0.2, 0.25) is 0 Å². The molecular formula is C25H20BrN3O3. The van der Waals surface area contributed by atoms with Gasteiger partial charge in [-0.2, -0.15) is 5.10 Å². The van der Waals surface area contributed by atoms with Crippen LogP contribution in [0.3, 0.4) is 0 Å². The molecule has 1 heterocycles. The second-order valence-electron chi connectivity index (χ2n) is 6.88. The predicted octanol–water partition coefficient (Wildman–Crippen LogP) is 5.45. The highest BCUT2D eigenvalue weighted by molar-refractivity contribution is 9.10. The fourth-order valence-corrected chi connectivity index (χ4v) is 3.98. The number of nitrogens with zero attached hydrogens (tertiary/aromatic N) is 2. The van der Waals surface area contributed by atoms with Gasteiger partial charge in [0.05, 0.1) is 41.7 Å². The highest BCUT2D eigenvalue weighted by Crippen LogP contribution is 2.35. The number of rotatable bonds is 6. The zero-order valence-corrected chi connectivity index (χ0v) is 19.1. The molecule has 4 aromatic rings. The number of carbonyl (C=O) groups excluding carboxylic acids is 1. The summed E-state index contributed by atoms with van der Waals surface area (Å²) >= 11 is 3.45. The van der Waals surface area contributed by atoms with Crippen molar-refractivity contribution in [2.75, 3.05) is 14.2 Å². The number of fused-ring (bicyclic) bond motifs is 1. The molecule has 0 bridgehead atoms. The Morgan fingerprint density at radius 1 is 1.00 bits per heavy atom. The van der Waals surface area contributed by atoms with Crippen LogP contribution in [0.1, 0.15) is 15.9 Å². The van der Waals surface area contributed by atoms with Crippen molar-refractivity contribution in [2.45, 2.75) is 0 Å². The van der Waals surface area contributed by atoms with Crippen LogP contribution in [-0.4, -0.2) is 31.3 Å². The van der Waals surface area contributed by atoms with Crippen LogP contribution < -0.4 is 14.9 Å². The first-order chi connectivity index (χ1) is 15.6. The molecule has 4 rings (SSSR count). The van der Waals surface area contributed by atoms with E-state index >= 15 is 0 Å². The zero-order valence-electron chi connectivity index (χ0n) is 17.5. The van der Waals surface area contributed by atoms with E-state index in [9.17, 15) is 4.79 Å². The molecule has 0 saturated heterocycles. The van der Waals surface area contributed by atoms with E-state index in [0.717, 1.165) is 32.2 Å². The maximum absolute atomic E-state index is 13.0. The van der Waals surface area contributed by atoms with Crippen LogP contribution in [0.5, 0.6) is 11.5 Å². The topological polar surface area (TPSA) is 72.8 Å². The average Bonchev–Trinajstić information content (AvgIpc) is 2.83. The van der Waals surface area contributed by atoms with Gasteiger partial charge in [0.15, 0.2) is 11.5 Å². The van der Waals surface area contributed by atoms with Crippen molar-refractivity contribution in [3.63, 3.8) is 0 Å². The van der Waals surface area contributed by atoms with Crippen molar-refractivity contribution in [2.24, 2.45) is 5.10 Å². The molecule has 1 aromatic heterocycles. The number of benzene rings is 3. The van der Waals surface area contributed by atoms with Gasteiger partial charge in [-0.25, -0.2) is 10.4 Å². The van der Waals surface area contributed by atoms with Crippen LogP contribution in [0, 0.1) is 0 Å². The lowest BCUT2D eigenvalue weighted by Gasteiger charge is -2.10. The van der Waals surface area contributed by atoms with E-state index in [1.54, 1.807) is 32.6 Å².